The van der Waals surface area contributed by atoms with Crippen LogP contribution in [0.4, 0.5) is 5.69 Å². The summed E-state index contributed by atoms with van der Waals surface area (Å²) in [6.07, 6.45) is 1.05. The maximum Gasteiger partial charge on any atom is 0.243 e. The number of nitrogens with two attached hydrogens (primary N) is 5. The maximum absolute atomic E-state index is 14.2. The van der Waals surface area contributed by atoms with Crippen molar-refractivity contribution in [2.45, 2.75) is 43.7 Å². The lowest BCUT2D eigenvalue weighted by Gasteiger charge is -2.25. The summed E-state index contributed by atoms with van der Waals surface area (Å²) in [5.41, 5.74) is 31.4. The Labute approximate surface area is 273 Å². The second-order valence-electron chi connectivity index (χ2n) is 11.4. The van der Waals surface area contributed by atoms with E-state index in [1.54, 1.807) is 36.4 Å². The monoisotopic (exact) mass is 635 g/mol. The topological polar surface area (TPSA) is 242 Å². The molecule has 0 saturated carbocycles. The standard InChI is InChI=1S/C35H41N9O3/c36-27-15-9-22(10-16-27)19-30(34(47)43-29(32(39)45)6-3-17-42-35(40)41)44-33(46)28(18-21-7-11-24(12-8-21)31(37)38)26-14-13-23-4-1-2-5-25(23)20-26/h1-2,4-5,7-16,20,28-30H,3,6,17-19,36H2,(H3,37,38)(H2,39,45)(H,43,47)(H,44,46)(H4,40,41,42)/t28-,29?,30-/m0/s1. The van der Waals surface area contributed by atoms with E-state index in [-0.39, 0.29) is 37.1 Å². The molecule has 0 aliphatic heterocycles. The highest BCUT2D eigenvalue weighted by Gasteiger charge is 2.29. The van der Waals surface area contributed by atoms with Crippen molar-refractivity contribution >= 4 is 46.0 Å². The van der Waals surface area contributed by atoms with Crippen LogP contribution >= 0.6 is 0 Å². The van der Waals surface area contributed by atoms with E-state index >= 15 is 0 Å². The van der Waals surface area contributed by atoms with Gasteiger partial charge in [0.15, 0.2) is 5.96 Å². The average Bonchev–Trinajstić information content (AvgIpc) is 3.05. The van der Waals surface area contributed by atoms with Crippen LogP contribution in [0.2, 0.25) is 0 Å². The van der Waals surface area contributed by atoms with Crippen LogP contribution in [0.1, 0.15) is 41.0 Å². The van der Waals surface area contributed by atoms with Gasteiger partial charge in [-0.05, 0) is 58.9 Å². The first-order valence-corrected chi connectivity index (χ1v) is 15.2. The van der Waals surface area contributed by atoms with E-state index < -0.39 is 29.8 Å². The van der Waals surface area contributed by atoms with Gasteiger partial charge in [-0.25, -0.2) is 0 Å². The Balaban J connectivity index is 1.64. The van der Waals surface area contributed by atoms with Gasteiger partial charge in [0.25, 0.3) is 0 Å². The molecule has 0 saturated heterocycles. The Morgan fingerprint density at radius 3 is 1.98 bits per heavy atom. The Hall–Kier alpha value is -5.91. The molecule has 12 nitrogen and oxygen atoms in total. The van der Waals surface area contributed by atoms with Gasteiger partial charge >= 0.3 is 0 Å². The number of nitrogens with one attached hydrogen (secondary N) is 3. The molecule has 1 unspecified atom stereocenters. The summed E-state index contributed by atoms with van der Waals surface area (Å²) >= 11 is 0. The van der Waals surface area contributed by atoms with Crippen molar-refractivity contribution in [3.8, 4) is 0 Å². The van der Waals surface area contributed by atoms with Crippen LogP contribution in [0.3, 0.4) is 0 Å². The van der Waals surface area contributed by atoms with Gasteiger partial charge in [0.2, 0.25) is 17.7 Å². The van der Waals surface area contributed by atoms with E-state index in [9.17, 15) is 14.4 Å². The van der Waals surface area contributed by atoms with Gasteiger partial charge in [-0.3, -0.25) is 24.8 Å². The lowest BCUT2D eigenvalue weighted by atomic mass is 9.89. The zero-order chi connectivity index (χ0) is 33.9. The molecule has 0 radical (unpaired) electrons. The number of primary amides is 1. The summed E-state index contributed by atoms with van der Waals surface area (Å²) in [6.45, 7) is 0.258. The minimum atomic E-state index is -1.05. The number of aliphatic imine (C=N–C) groups is 1. The van der Waals surface area contributed by atoms with Crippen molar-refractivity contribution in [2.24, 2.45) is 27.9 Å². The third-order valence-corrected chi connectivity index (χ3v) is 7.85. The number of hydrogen-bond acceptors (Lipinski definition) is 6. The van der Waals surface area contributed by atoms with Crippen LogP contribution < -0.4 is 39.3 Å². The number of hydrogen-bond donors (Lipinski definition) is 8. The molecule has 0 heterocycles. The molecule has 4 aromatic rings. The SMILES string of the molecule is N=C(N)c1ccc(C[C@H](C(=O)N[C@@H](Cc2ccc(N)cc2)C(=O)NC(CCCN=C(N)N)C(N)=O)c2ccc3ccccc3c2)cc1. The number of nitrogens with zero attached hydrogens (tertiary/aromatic N) is 1. The van der Waals surface area contributed by atoms with Gasteiger partial charge in [-0.15, -0.1) is 0 Å². The molecule has 4 rings (SSSR count). The van der Waals surface area contributed by atoms with Crippen LogP contribution in [0, 0.1) is 5.41 Å². The Kier molecular flexibility index (Phi) is 11.5. The number of carbonyl (C=O) groups excluding carboxylic acids is 3. The highest BCUT2D eigenvalue weighted by molar-refractivity contribution is 5.95. The second kappa shape index (κ2) is 15.9. The molecule has 47 heavy (non-hydrogen) atoms. The number of rotatable bonds is 15. The highest BCUT2D eigenvalue weighted by Crippen LogP contribution is 2.26. The molecule has 13 N–H and O–H groups in total. The summed E-state index contributed by atoms with van der Waals surface area (Å²) < 4.78 is 0. The molecule has 12 heteroatoms. The van der Waals surface area contributed by atoms with Crippen LogP contribution in [0.15, 0.2) is 96.0 Å². The first-order chi connectivity index (χ1) is 22.5. The van der Waals surface area contributed by atoms with Crippen LogP contribution in [-0.4, -0.2) is 48.1 Å². The normalized spacial score (nSPS) is 12.8. The van der Waals surface area contributed by atoms with E-state index in [0.717, 1.165) is 27.5 Å². The maximum atomic E-state index is 14.2. The molecule has 3 atom stereocenters. The van der Waals surface area contributed by atoms with E-state index in [0.29, 0.717) is 24.1 Å². The Bertz CT molecular complexity index is 1750. The molecule has 4 aromatic carbocycles. The smallest absolute Gasteiger partial charge is 0.243 e. The fourth-order valence-electron chi connectivity index (χ4n) is 5.28. The van der Waals surface area contributed by atoms with Crippen molar-refractivity contribution < 1.29 is 14.4 Å². The van der Waals surface area contributed by atoms with E-state index in [1.165, 1.54) is 0 Å². The molecule has 0 fully saturated rings. The number of fused-ring (bicyclic) bond motifs is 1. The predicted molar refractivity (Wildman–Crippen MR) is 185 cm³/mol. The van der Waals surface area contributed by atoms with E-state index in [1.807, 2.05) is 54.6 Å². The summed E-state index contributed by atoms with van der Waals surface area (Å²) in [5.74, 6) is -2.48. The first-order valence-electron chi connectivity index (χ1n) is 15.2. The van der Waals surface area contributed by atoms with Crippen LogP contribution in [-0.2, 0) is 27.2 Å². The van der Waals surface area contributed by atoms with Gasteiger partial charge < -0.3 is 39.3 Å². The van der Waals surface area contributed by atoms with Crippen molar-refractivity contribution in [1.82, 2.24) is 10.6 Å². The second-order valence-corrected chi connectivity index (χ2v) is 11.4. The Morgan fingerprint density at radius 1 is 0.723 bits per heavy atom. The van der Waals surface area contributed by atoms with Gasteiger partial charge in [0.1, 0.15) is 17.9 Å². The number of carbonyl (C=O) groups is 3. The lowest BCUT2D eigenvalue weighted by molar-refractivity contribution is -0.131. The molecular formula is C35H41N9O3. The molecule has 0 spiro atoms. The number of amidine groups is 1. The van der Waals surface area contributed by atoms with Crippen molar-refractivity contribution in [1.29, 1.82) is 5.41 Å². The van der Waals surface area contributed by atoms with Gasteiger partial charge in [-0.1, -0.05) is 78.9 Å². The van der Waals surface area contributed by atoms with Crippen molar-refractivity contribution in [3.63, 3.8) is 0 Å². The minimum Gasteiger partial charge on any atom is -0.399 e. The predicted octanol–water partition coefficient (Wildman–Crippen LogP) is 1.78. The van der Waals surface area contributed by atoms with Gasteiger partial charge in [0.05, 0.1) is 5.92 Å². The molecule has 0 bridgehead atoms. The number of amides is 3. The third-order valence-electron chi connectivity index (χ3n) is 7.85. The fourth-order valence-corrected chi connectivity index (χ4v) is 5.28. The lowest BCUT2D eigenvalue weighted by Crippen LogP contribution is -2.54. The number of anilines is 1. The molecular weight excluding hydrogens is 594 g/mol. The quantitative estimate of drug-likeness (QED) is 0.0416. The molecule has 3 amide bonds. The first kappa shape index (κ1) is 34.0. The largest absolute Gasteiger partial charge is 0.399 e. The Morgan fingerprint density at radius 2 is 1.34 bits per heavy atom. The van der Waals surface area contributed by atoms with E-state index in [2.05, 4.69) is 15.6 Å². The van der Waals surface area contributed by atoms with Crippen molar-refractivity contribution in [3.05, 3.63) is 113 Å². The van der Waals surface area contributed by atoms with Crippen LogP contribution in [0.25, 0.3) is 10.8 Å². The number of nitrogen functional groups attached to an aromatic ring is 2. The summed E-state index contributed by atoms with van der Waals surface area (Å²) in [7, 11) is 0. The molecule has 0 aliphatic rings. The third kappa shape index (κ3) is 9.79. The van der Waals surface area contributed by atoms with Crippen LogP contribution in [0.5, 0.6) is 0 Å². The average molecular weight is 636 g/mol. The summed E-state index contributed by atoms with van der Waals surface area (Å²) in [5, 5.41) is 15.4. The van der Waals surface area contributed by atoms with Crippen molar-refractivity contribution in [2.75, 3.05) is 12.3 Å². The number of benzene rings is 4. The van der Waals surface area contributed by atoms with E-state index in [4.69, 9.17) is 34.1 Å². The molecule has 244 valence electrons. The summed E-state index contributed by atoms with van der Waals surface area (Å²) in [6, 6.07) is 25.8. The number of guanidine groups is 1. The zero-order valence-corrected chi connectivity index (χ0v) is 26.0. The fraction of sp³-hybridized carbons (Fsp3) is 0.229. The van der Waals surface area contributed by atoms with Gasteiger partial charge in [0, 0.05) is 24.2 Å². The zero-order valence-electron chi connectivity index (χ0n) is 26.0. The highest BCUT2D eigenvalue weighted by atomic mass is 16.2. The van der Waals surface area contributed by atoms with Gasteiger partial charge in [-0.2, -0.15) is 0 Å². The molecule has 0 aromatic heterocycles. The minimum absolute atomic E-state index is 0.0533. The molecule has 0 aliphatic carbocycles. The summed E-state index contributed by atoms with van der Waals surface area (Å²) in [4.78, 5) is 44.1.